The number of nitrogens with zero attached hydrogens (tertiary/aromatic N) is 2. The number of hydrogen-bond acceptors (Lipinski definition) is 3. The largest absolute Gasteiger partial charge is 0.480 e. The minimum atomic E-state index is -1.26. The van der Waals surface area contributed by atoms with Gasteiger partial charge >= 0.3 is 5.97 Å². The van der Waals surface area contributed by atoms with Crippen molar-refractivity contribution in [2.75, 3.05) is 0 Å². The number of carboxylic acids is 1. The molecule has 1 aromatic heterocycles. The molecule has 5 heteroatoms. The second-order valence-corrected chi connectivity index (χ2v) is 2.93. The maximum absolute atomic E-state index is 10.6. The van der Waals surface area contributed by atoms with Crippen molar-refractivity contribution in [1.82, 2.24) is 9.78 Å². The second-order valence-electron chi connectivity index (χ2n) is 2.93. The van der Waals surface area contributed by atoms with Crippen molar-refractivity contribution in [3.05, 3.63) is 18.5 Å². The summed E-state index contributed by atoms with van der Waals surface area (Å²) in [5.41, 5.74) is 4.23. The zero-order chi connectivity index (χ0) is 9.19. The molecule has 1 atom stereocenters. The van der Waals surface area contributed by atoms with E-state index in [-0.39, 0.29) is 6.54 Å². The molecule has 0 radical (unpaired) electrons. The Morgan fingerprint density at radius 1 is 1.83 bits per heavy atom. The van der Waals surface area contributed by atoms with Gasteiger partial charge in [-0.15, -0.1) is 0 Å². The molecule has 66 valence electrons. The van der Waals surface area contributed by atoms with Crippen molar-refractivity contribution >= 4 is 5.97 Å². The zero-order valence-electron chi connectivity index (χ0n) is 6.77. The molecule has 12 heavy (non-hydrogen) atoms. The van der Waals surface area contributed by atoms with Crippen LogP contribution in [0.15, 0.2) is 18.5 Å². The van der Waals surface area contributed by atoms with Gasteiger partial charge in [-0.2, -0.15) is 5.10 Å². The Kier molecular flexibility index (Phi) is 2.14. The third-order valence-corrected chi connectivity index (χ3v) is 1.54. The number of rotatable bonds is 3. The molecular formula is C7H11N3O2. The van der Waals surface area contributed by atoms with Crippen molar-refractivity contribution in [3.8, 4) is 0 Å². The molecule has 1 unspecified atom stereocenters. The van der Waals surface area contributed by atoms with Crippen molar-refractivity contribution in [3.63, 3.8) is 0 Å². The minimum Gasteiger partial charge on any atom is -0.480 e. The molecule has 0 aliphatic heterocycles. The van der Waals surface area contributed by atoms with Gasteiger partial charge in [-0.05, 0) is 13.0 Å². The van der Waals surface area contributed by atoms with Crippen LogP contribution >= 0.6 is 0 Å². The van der Waals surface area contributed by atoms with Gasteiger partial charge in [0, 0.05) is 12.4 Å². The van der Waals surface area contributed by atoms with Gasteiger partial charge < -0.3 is 10.8 Å². The van der Waals surface area contributed by atoms with Gasteiger partial charge in [0.25, 0.3) is 0 Å². The van der Waals surface area contributed by atoms with E-state index in [2.05, 4.69) is 5.10 Å². The second kappa shape index (κ2) is 2.94. The highest BCUT2D eigenvalue weighted by atomic mass is 16.4. The minimum absolute atomic E-state index is 0.176. The van der Waals surface area contributed by atoms with Crippen LogP contribution in [0.1, 0.15) is 6.92 Å². The predicted octanol–water partition coefficient (Wildman–Crippen LogP) is -0.315. The Bertz CT molecular complexity index is 266. The van der Waals surface area contributed by atoms with Gasteiger partial charge in [0.15, 0.2) is 0 Å². The van der Waals surface area contributed by atoms with E-state index >= 15 is 0 Å². The summed E-state index contributed by atoms with van der Waals surface area (Å²) < 4.78 is 1.49. The van der Waals surface area contributed by atoms with Gasteiger partial charge in [-0.1, -0.05) is 0 Å². The predicted molar refractivity (Wildman–Crippen MR) is 42.5 cm³/mol. The topological polar surface area (TPSA) is 81.1 Å². The normalized spacial score (nSPS) is 15.5. The quantitative estimate of drug-likeness (QED) is 0.650. The highest BCUT2D eigenvalue weighted by Crippen LogP contribution is 2.02. The van der Waals surface area contributed by atoms with Crippen LogP contribution in [0.2, 0.25) is 0 Å². The first-order valence-electron chi connectivity index (χ1n) is 3.52. The number of aliphatic carboxylic acids is 1. The van der Waals surface area contributed by atoms with Crippen LogP contribution in [0.25, 0.3) is 0 Å². The van der Waals surface area contributed by atoms with Crippen LogP contribution in [-0.4, -0.2) is 26.4 Å². The van der Waals surface area contributed by atoms with E-state index in [4.69, 9.17) is 10.8 Å². The molecule has 0 bridgehead atoms. The lowest BCUT2D eigenvalue weighted by molar-refractivity contribution is -0.143. The highest BCUT2D eigenvalue weighted by Gasteiger charge is 2.28. The lowest BCUT2D eigenvalue weighted by atomic mass is 10.1. The van der Waals surface area contributed by atoms with Crippen molar-refractivity contribution < 1.29 is 9.90 Å². The maximum Gasteiger partial charge on any atom is 0.325 e. The number of hydrogen-bond donors (Lipinski definition) is 2. The fraction of sp³-hybridized carbons (Fsp3) is 0.429. The maximum atomic E-state index is 10.6. The Balaban J connectivity index is 2.69. The molecule has 0 saturated carbocycles. The van der Waals surface area contributed by atoms with Gasteiger partial charge in [0.05, 0.1) is 6.54 Å². The lowest BCUT2D eigenvalue weighted by Gasteiger charge is -2.18. The Hall–Kier alpha value is -1.36. The summed E-state index contributed by atoms with van der Waals surface area (Å²) in [4.78, 5) is 10.6. The van der Waals surface area contributed by atoms with Crippen LogP contribution in [0.3, 0.4) is 0 Å². The smallest absolute Gasteiger partial charge is 0.325 e. The van der Waals surface area contributed by atoms with Gasteiger partial charge in [-0.25, -0.2) is 0 Å². The molecule has 0 aliphatic carbocycles. The van der Waals surface area contributed by atoms with Crippen molar-refractivity contribution in [2.24, 2.45) is 5.73 Å². The van der Waals surface area contributed by atoms with E-state index in [0.29, 0.717) is 0 Å². The molecule has 1 heterocycles. The first kappa shape index (κ1) is 8.73. The van der Waals surface area contributed by atoms with Crippen LogP contribution in [0.4, 0.5) is 0 Å². The van der Waals surface area contributed by atoms with Gasteiger partial charge in [0.1, 0.15) is 5.54 Å². The van der Waals surface area contributed by atoms with Crippen LogP contribution in [0, 0.1) is 0 Å². The third kappa shape index (κ3) is 1.82. The van der Waals surface area contributed by atoms with Crippen LogP contribution < -0.4 is 5.73 Å². The Morgan fingerprint density at radius 3 is 2.92 bits per heavy atom. The average molecular weight is 169 g/mol. The highest BCUT2D eigenvalue weighted by molar-refractivity contribution is 5.77. The van der Waals surface area contributed by atoms with E-state index in [1.807, 2.05) is 0 Å². The molecule has 0 amide bonds. The van der Waals surface area contributed by atoms with Crippen molar-refractivity contribution in [1.29, 1.82) is 0 Å². The summed E-state index contributed by atoms with van der Waals surface area (Å²) in [6.07, 6.45) is 3.26. The summed E-state index contributed by atoms with van der Waals surface area (Å²) in [7, 11) is 0. The Labute approximate surface area is 69.8 Å². The number of nitrogens with two attached hydrogens (primary N) is 1. The molecule has 0 spiro atoms. The fourth-order valence-corrected chi connectivity index (χ4v) is 0.798. The molecule has 1 rings (SSSR count). The molecular weight excluding hydrogens is 158 g/mol. The molecule has 0 aromatic carbocycles. The summed E-state index contributed by atoms with van der Waals surface area (Å²) >= 11 is 0. The SMILES string of the molecule is CC(N)(Cn1cccn1)C(=O)O. The molecule has 0 fully saturated rings. The van der Waals surface area contributed by atoms with E-state index in [1.165, 1.54) is 11.6 Å². The first-order valence-corrected chi connectivity index (χ1v) is 3.52. The first-order chi connectivity index (χ1) is 5.52. The molecule has 5 nitrogen and oxygen atoms in total. The lowest BCUT2D eigenvalue weighted by Crippen LogP contribution is -2.48. The Morgan fingerprint density at radius 2 is 2.50 bits per heavy atom. The van der Waals surface area contributed by atoms with Crippen LogP contribution in [-0.2, 0) is 11.3 Å². The summed E-state index contributed by atoms with van der Waals surface area (Å²) in [6, 6.07) is 1.72. The van der Waals surface area contributed by atoms with Crippen molar-refractivity contribution in [2.45, 2.75) is 19.0 Å². The zero-order valence-corrected chi connectivity index (χ0v) is 6.77. The van der Waals surface area contributed by atoms with Crippen LogP contribution in [0.5, 0.6) is 0 Å². The van der Waals surface area contributed by atoms with Gasteiger partial charge in [-0.3, -0.25) is 9.48 Å². The standard InChI is InChI=1S/C7H11N3O2/c1-7(8,6(11)12)5-10-4-2-3-9-10/h2-4H,5,8H2,1H3,(H,11,12). The summed E-state index contributed by atoms with van der Waals surface area (Å²) in [6.45, 7) is 1.63. The number of aromatic nitrogens is 2. The molecule has 3 N–H and O–H groups in total. The summed E-state index contributed by atoms with van der Waals surface area (Å²) in [5.74, 6) is -1.03. The number of carboxylic acid groups (broad SMARTS) is 1. The van der Waals surface area contributed by atoms with E-state index in [0.717, 1.165) is 0 Å². The molecule has 0 saturated heterocycles. The van der Waals surface area contributed by atoms with E-state index in [9.17, 15) is 4.79 Å². The third-order valence-electron chi connectivity index (χ3n) is 1.54. The van der Waals surface area contributed by atoms with Gasteiger partial charge in [0.2, 0.25) is 0 Å². The summed E-state index contributed by atoms with van der Waals surface area (Å²) in [5, 5.41) is 12.5. The monoisotopic (exact) mass is 169 g/mol. The van der Waals surface area contributed by atoms with E-state index in [1.54, 1.807) is 18.5 Å². The fourth-order valence-electron chi connectivity index (χ4n) is 0.798. The molecule has 1 aromatic rings. The number of carbonyl (C=O) groups is 1. The van der Waals surface area contributed by atoms with E-state index < -0.39 is 11.5 Å². The molecule has 0 aliphatic rings. The average Bonchev–Trinajstić information content (AvgIpc) is 2.38.